The Hall–Kier alpha value is -0.456. The van der Waals surface area contributed by atoms with Gasteiger partial charge in [-0.2, -0.15) is 0 Å². The van der Waals surface area contributed by atoms with Gasteiger partial charge < -0.3 is 4.43 Å². The van der Waals surface area contributed by atoms with Gasteiger partial charge in [-0.1, -0.05) is 65.5 Å². The Kier molecular flexibility index (Phi) is 5.51. The van der Waals surface area contributed by atoms with Gasteiger partial charge in [0.15, 0.2) is 8.32 Å². The first-order chi connectivity index (χ1) is 11.5. The summed E-state index contributed by atoms with van der Waals surface area (Å²) >= 11 is 0. The Labute approximate surface area is 163 Å². The number of carbonyl (C=O) groups excluding carboxylic acids is 1. The second-order valence-corrected chi connectivity index (χ2v) is 21.4. The maximum absolute atomic E-state index is 12.5. The van der Waals surface area contributed by atoms with Crippen molar-refractivity contribution in [1.29, 1.82) is 0 Å². The van der Waals surface area contributed by atoms with E-state index in [1.165, 1.54) is 16.3 Å². The second-order valence-electron chi connectivity index (χ2n) is 11.6. The fourth-order valence-corrected chi connectivity index (χ4v) is 8.13. The zero-order chi connectivity index (χ0) is 20.3. The monoisotopic (exact) mass is 392 g/mol. The molecule has 0 saturated heterocycles. The highest BCUT2D eigenvalue weighted by Gasteiger charge is 2.51. The van der Waals surface area contributed by atoms with Crippen LogP contribution in [0.2, 0.25) is 37.8 Å². The zero-order valence-corrected chi connectivity index (χ0v) is 21.0. The molecule has 4 heteroatoms. The van der Waals surface area contributed by atoms with Crippen LogP contribution in [0.4, 0.5) is 0 Å². The van der Waals surface area contributed by atoms with Gasteiger partial charge in [0.25, 0.3) is 0 Å². The van der Waals surface area contributed by atoms with Gasteiger partial charge in [0.1, 0.15) is 5.78 Å². The molecule has 0 N–H and O–H groups in total. The molecular formula is C22H40O2Si2. The molecule has 0 heterocycles. The number of fused-ring (bicyclic) bond motifs is 1. The molecule has 0 radical (unpaired) electrons. The number of carbonyl (C=O) groups is 1. The van der Waals surface area contributed by atoms with Crippen LogP contribution in [0.15, 0.2) is 22.4 Å². The van der Waals surface area contributed by atoms with E-state index in [-0.39, 0.29) is 22.5 Å². The number of Topliss-reactive ketones (excluding diaryl/α,β-unsaturated/α-hetero) is 1. The third-order valence-corrected chi connectivity index (χ3v) is 13.4. The molecular weight excluding hydrogens is 352 g/mol. The molecule has 0 aromatic rings. The summed E-state index contributed by atoms with van der Waals surface area (Å²) in [7, 11) is -3.54. The van der Waals surface area contributed by atoms with Crippen molar-refractivity contribution in [1.82, 2.24) is 0 Å². The molecule has 26 heavy (non-hydrogen) atoms. The summed E-state index contributed by atoms with van der Waals surface area (Å²) in [5.74, 6) is 0.390. The number of hydrogen-bond acceptors (Lipinski definition) is 2. The van der Waals surface area contributed by atoms with Crippen LogP contribution in [-0.4, -0.2) is 28.3 Å². The fraction of sp³-hybridized carbons (Fsp3) is 0.773. The van der Waals surface area contributed by atoms with Crippen molar-refractivity contribution in [2.45, 2.75) is 98.3 Å². The summed E-state index contributed by atoms with van der Waals surface area (Å²) in [6.45, 7) is 25.3. The minimum atomic E-state index is -1.90. The lowest BCUT2D eigenvalue weighted by Gasteiger charge is -2.43. The van der Waals surface area contributed by atoms with Crippen LogP contribution in [0.25, 0.3) is 0 Å². The van der Waals surface area contributed by atoms with Crippen molar-refractivity contribution < 1.29 is 9.22 Å². The van der Waals surface area contributed by atoms with Crippen molar-refractivity contribution in [3.05, 3.63) is 22.4 Å². The highest BCUT2D eigenvalue weighted by atomic mass is 28.4. The number of rotatable bonds is 4. The molecule has 2 atom stereocenters. The highest BCUT2D eigenvalue weighted by Crippen LogP contribution is 2.54. The van der Waals surface area contributed by atoms with Crippen molar-refractivity contribution in [2.24, 2.45) is 11.3 Å². The summed E-state index contributed by atoms with van der Waals surface area (Å²) < 4.78 is 7.05. The van der Waals surface area contributed by atoms with Gasteiger partial charge >= 0.3 is 0 Å². The minimum absolute atomic E-state index is 0.0693. The topological polar surface area (TPSA) is 26.3 Å². The highest BCUT2D eigenvalue weighted by molar-refractivity contribution is 6.83. The average Bonchev–Trinajstić information content (AvgIpc) is 2.65. The molecule has 0 aliphatic heterocycles. The van der Waals surface area contributed by atoms with E-state index in [1.807, 2.05) is 0 Å². The van der Waals surface area contributed by atoms with Gasteiger partial charge in [-0.05, 0) is 54.5 Å². The maximum Gasteiger partial charge on any atom is 0.192 e. The molecule has 2 aliphatic rings. The van der Waals surface area contributed by atoms with E-state index in [4.69, 9.17) is 4.43 Å². The van der Waals surface area contributed by atoms with Gasteiger partial charge in [0.05, 0.1) is 14.2 Å². The average molecular weight is 393 g/mol. The first-order valence-electron chi connectivity index (χ1n) is 10.1. The largest absolute Gasteiger partial charge is 0.409 e. The summed E-state index contributed by atoms with van der Waals surface area (Å²) in [4.78, 5) is 12.5. The molecule has 1 fully saturated rings. The van der Waals surface area contributed by atoms with E-state index in [0.29, 0.717) is 5.78 Å². The van der Waals surface area contributed by atoms with Crippen molar-refractivity contribution in [3.8, 4) is 0 Å². The quantitative estimate of drug-likeness (QED) is 0.509. The normalized spacial score (nSPS) is 26.7. The Bertz CT molecular complexity index is 655. The maximum atomic E-state index is 12.5. The van der Waals surface area contributed by atoms with Crippen LogP contribution in [-0.2, 0) is 9.22 Å². The third kappa shape index (κ3) is 3.88. The van der Waals surface area contributed by atoms with Crippen LogP contribution in [0.3, 0.4) is 0 Å². The Morgan fingerprint density at radius 1 is 1.15 bits per heavy atom. The molecule has 0 aromatic heterocycles. The molecule has 2 aliphatic carbocycles. The SMILES string of the molecule is CC(=O)C1CC=C2CC(C)(C)C(O[Si](C)(C)C(C)(C)C)C2=C1[Si](C)(C)C. The number of hydrogen-bond donors (Lipinski definition) is 0. The van der Waals surface area contributed by atoms with E-state index in [9.17, 15) is 4.79 Å². The summed E-state index contributed by atoms with van der Waals surface area (Å²) in [6, 6.07) is 0. The number of allylic oxidation sites excluding steroid dienone is 2. The van der Waals surface area contributed by atoms with E-state index in [2.05, 4.69) is 73.4 Å². The van der Waals surface area contributed by atoms with Gasteiger partial charge in [0.2, 0.25) is 0 Å². The van der Waals surface area contributed by atoms with Gasteiger partial charge in [-0.25, -0.2) is 0 Å². The molecule has 1 saturated carbocycles. The van der Waals surface area contributed by atoms with Crippen LogP contribution >= 0.6 is 0 Å². The summed E-state index contributed by atoms with van der Waals surface area (Å²) in [6.07, 6.45) is 4.43. The molecule has 0 spiro atoms. The lowest BCUT2D eigenvalue weighted by Crippen LogP contribution is -2.48. The Balaban J connectivity index is 2.66. The van der Waals surface area contributed by atoms with Crippen LogP contribution in [0.5, 0.6) is 0 Å². The van der Waals surface area contributed by atoms with E-state index in [0.717, 1.165) is 12.8 Å². The lowest BCUT2D eigenvalue weighted by molar-refractivity contribution is -0.119. The van der Waals surface area contributed by atoms with Crippen LogP contribution in [0, 0.1) is 11.3 Å². The first kappa shape index (κ1) is 21.8. The minimum Gasteiger partial charge on any atom is -0.409 e. The van der Waals surface area contributed by atoms with E-state index in [1.54, 1.807) is 6.92 Å². The molecule has 0 aromatic carbocycles. The summed E-state index contributed by atoms with van der Waals surface area (Å²) in [5, 5.41) is 1.65. The predicted molar refractivity (Wildman–Crippen MR) is 118 cm³/mol. The zero-order valence-electron chi connectivity index (χ0n) is 19.0. The van der Waals surface area contributed by atoms with Crippen molar-refractivity contribution in [2.75, 3.05) is 0 Å². The van der Waals surface area contributed by atoms with Crippen LogP contribution < -0.4 is 0 Å². The van der Waals surface area contributed by atoms with Gasteiger partial charge in [0, 0.05) is 5.92 Å². The standard InChI is InChI=1S/C22H40O2Si2/c1-15(23)17-13-12-16-14-22(5,6)20(18(16)19(17)25(7,8)9)24-26(10,11)21(2,3)4/h12,17,20H,13-14H2,1-11H3. The van der Waals surface area contributed by atoms with E-state index >= 15 is 0 Å². The Morgan fingerprint density at radius 3 is 2.12 bits per heavy atom. The van der Waals surface area contributed by atoms with Crippen molar-refractivity contribution in [3.63, 3.8) is 0 Å². The van der Waals surface area contributed by atoms with E-state index < -0.39 is 16.4 Å². The Morgan fingerprint density at radius 2 is 1.69 bits per heavy atom. The van der Waals surface area contributed by atoms with Crippen molar-refractivity contribution >= 4 is 22.2 Å². The third-order valence-electron chi connectivity index (χ3n) is 6.72. The van der Waals surface area contributed by atoms with Gasteiger partial charge in [-0.15, -0.1) is 0 Å². The first-order valence-corrected chi connectivity index (χ1v) is 16.5. The number of ketones is 1. The predicted octanol–water partition coefficient (Wildman–Crippen LogP) is 6.52. The van der Waals surface area contributed by atoms with Gasteiger partial charge in [-0.3, -0.25) is 4.79 Å². The van der Waals surface area contributed by atoms with Crippen LogP contribution in [0.1, 0.15) is 54.4 Å². The molecule has 2 rings (SSSR count). The molecule has 0 amide bonds. The second kappa shape index (κ2) is 6.56. The fourth-order valence-electron chi connectivity index (χ4n) is 4.29. The molecule has 2 unspecified atom stereocenters. The molecule has 2 nitrogen and oxygen atoms in total. The molecule has 148 valence electrons. The molecule has 0 bridgehead atoms. The lowest BCUT2D eigenvalue weighted by atomic mass is 9.87. The summed E-state index contributed by atoms with van der Waals surface area (Å²) in [5.41, 5.74) is 2.98. The smallest absolute Gasteiger partial charge is 0.192 e.